The van der Waals surface area contributed by atoms with Gasteiger partial charge in [-0.15, -0.1) is 10.2 Å². The Kier molecular flexibility index (Phi) is 6.19. The summed E-state index contributed by atoms with van der Waals surface area (Å²) in [5, 5.41) is 14.1. The van der Waals surface area contributed by atoms with Crippen molar-refractivity contribution in [2.24, 2.45) is 0 Å². The number of benzene rings is 2. The van der Waals surface area contributed by atoms with Crippen molar-refractivity contribution in [2.45, 2.75) is 18.2 Å². The first-order chi connectivity index (χ1) is 16.2. The zero-order chi connectivity index (χ0) is 22.6. The Morgan fingerprint density at radius 3 is 2.79 bits per heavy atom. The molecule has 3 heterocycles. The van der Waals surface area contributed by atoms with Gasteiger partial charge >= 0.3 is 0 Å². The molecule has 33 heavy (non-hydrogen) atoms. The molecular weight excluding hydrogens is 458 g/mol. The summed E-state index contributed by atoms with van der Waals surface area (Å²) in [4.78, 5) is 15.8. The Balaban J connectivity index is 1.36. The normalized spacial score (nSPS) is 11.2. The van der Waals surface area contributed by atoms with E-state index in [1.165, 1.54) is 11.8 Å². The minimum Gasteiger partial charge on any atom is -0.467 e. The Morgan fingerprint density at radius 2 is 1.94 bits per heavy atom. The van der Waals surface area contributed by atoms with Crippen molar-refractivity contribution in [1.82, 2.24) is 25.1 Å². The van der Waals surface area contributed by atoms with Crippen LogP contribution in [0.5, 0.6) is 0 Å². The third-order valence-electron chi connectivity index (χ3n) is 5.21. The number of carbonyl (C=O) groups is 1. The van der Waals surface area contributed by atoms with Gasteiger partial charge in [0.25, 0.3) is 0 Å². The van der Waals surface area contributed by atoms with Crippen molar-refractivity contribution in [3.63, 3.8) is 0 Å². The van der Waals surface area contributed by atoms with Gasteiger partial charge in [0.15, 0.2) is 11.0 Å². The van der Waals surface area contributed by atoms with E-state index in [1.807, 2.05) is 65.4 Å². The number of hydrogen-bond donors (Lipinski definition) is 2. The fourth-order valence-corrected chi connectivity index (χ4v) is 4.54. The van der Waals surface area contributed by atoms with Gasteiger partial charge in [-0.05, 0) is 29.8 Å². The van der Waals surface area contributed by atoms with Gasteiger partial charge < -0.3 is 14.7 Å². The number of nitrogens with one attached hydrogen (secondary N) is 2. The molecule has 0 saturated heterocycles. The second-order valence-corrected chi connectivity index (χ2v) is 8.73. The smallest absolute Gasteiger partial charge is 0.230 e. The number of rotatable bonds is 8. The number of halogens is 1. The van der Waals surface area contributed by atoms with Crippen LogP contribution >= 0.6 is 23.4 Å². The van der Waals surface area contributed by atoms with Gasteiger partial charge in [0.1, 0.15) is 5.76 Å². The number of carbonyl (C=O) groups excluding carboxylic acids is 1. The average Bonchev–Trinajstić information content (AvgIpc) is 3.58. The molecule has 9 heteroatoms. The summed E-state index contributed by atoms with van der Waals surface area (Å²) in [6.07, 6.45) is 3.57. The van der Waals surface area contributed by atoms with E-state index in [0.717, 1.165) is 27.8 Å². The summed E-state index contributed by atoms with van der Waals surface area (Å²) in [5.74, 6) is 1.58. The van der Waals surface area contributed by atoms with E-state index in [1.54, 1.807) is 12.3 Å². The van der Waals surface area contributed by atoms with E-state index in [0.29, 0.717) is 29.1 Å². The Labute approximate surface area is 199 Å². The molecule has 0 atom stereocenters. The summed E-state index contributed by atoms with van der Waals surface area (Å²) in [6.45, 7) is 0.831. The maximum atomic E-state index is 12.5. The van der Waals surface area contributed by atoms with Gasteiger partial charge in [-0.2, -0.15) is 0 Å². The van der Waals surface area contributed by atoms with Gasteiger partial charge in [-0.1, -0.05) is 59.8 Å². The lowest BCUT2D eigenvalue weighted by atomic mass is 10.1. The summed E-state index contributed by atoms with van der Waals surface area (Å²) in [7, 11) is 0. The van der Waals surface area contributed by atoms with E-state index >= 15 is 0 Å². The number of H-pyrrole nitrogens is 1. The van der Waals surface area contributed by atoms with Crippen LogP contribution in [0.15, 0.2) is 82.7 Å². The maximum absolute atomic E-state index is 12.5. The first-order valence-electron chi connectivity index (χ1n) is 10.3. The second kappa shape index (κ2) is 9.56. The number of amides is 1. The number of aromatic nitrogens is 4. The van der Waals surface area contributed by atoms with Crippen LogP contribution in [0.25, 0.3) is 22.3 Å². The molecule has 0 radical (unpaired) electrons. The average molecular weight is 478 g/mol. The van der Waals surface area contributed by atoms with Crippen LogP contribution in [0.4, 0.5) is 0 Å². The van der Waals surface area contributed by atoms with Crippen molar-refractivity contribution < 1.29 is 9.21 Å². The van der Waals surface area contributed by atoms with Gasteiger partial charge in [0.05, 0.1) is 18.6 Å². The van der Waals surface area contributed by atoms with Crippen LogP contribution in [-0.4, -0.2) is 31.4 Å². The highest BCUT2D eigenvalue weighted by atomic mass is 35.5. The molecule has 3 aromatic heterocycles. The highest BCUT2D eigenvalue weighted by molar-refractivity contribution is 7.99. The van der Waals surface area contributed by atoms with E-state index in [-0.39, 0.29) is 11.7 Å². The van der Waals surface area contributed by atoms with Crippen LogP contribution in [0.3, 0.4) is 0 Å². The van der Waals surface area contributed by atoms with Crippen molar-refractivity contribution in [3.05, 3.63) is 89.5 Å². The first kappa shape index (κ1) is 21.4. The van der Waals surface area contributed by atoms with Crippen LogP contribution < -0.4 is 5.32 Å². The second-order valence-electron chi connectivity index (χ2n) is 7.38. The largest absolute Gasteiger partial charge is 0.467 e. The third kappa shape index (κ3) is 4.67. The molecule has 0 saturated carbocycles. The SMILES string of the molecule is O=C(CSc1nnc(-c2c[nH]c3ccccc23)n1Cc1ccco1)NCc1ccccc1Cl. The van der Waals surface area contributed by atoms with Gasteiger partial charge in [0, 0.05) is 34.2 Å². The van der Waals surface area contributed by atoms with E-state index in [2.05, 4.69) is 20.5 Å². The monoisotopic (exact) mass is 477 g/mol. The zero-order valence-electron chi connectivity index (χ0n) is 17.5. The molecular formula is C24H20ClN5O2S. The third-order valence-corrected chi connectivity index (χ3v) is 6.54. The summed E-state index contributed by atoms with van der Waals surface area (Å²) in [5.41, 5.74) is 2.84. The molecule has 0 aliphatic carbocycles. The fraction of sp³-hybridized carbons (Fsp3) is 0.125. The zero-order valence-corrected chi connectivity index (χ0v) is 19.1. The fourth-order valence-electron chi connectivity index (χ4n) is 3.57. The van der Waals surface area contributed by atoms with Crippen LogP contribution in [0.2, 0.25) is 5.02 Å². The van der Waals surface area contributed by atoms with Gasteiger partial charge in [-0.25, -0.2) is 0 Å². The molecule has 1 amide bonds. The predicted molar refractivity (Wildman–Crippen MR) is 129 cm³/mol. The number of fused-ring (bicyclic) bond motifs is 1. The number of hydrogen-bond acceptors (Lipinski definition) is 5. The topological polar surface area (TPSA) is 88.7 Å². The Hall–Kier alpha value is -3.49. The summed E-state index contributed by atoms with van der Waals surface area (Å²) in [6, 6.07) is 19.2. The minimum atomic E-state index is -0.110. The molecule has 2 N–H and O–H groups in total. The molecule has 5 rings (SSSR count). The molecule has 166 valence electrons. The Bertz CT molecular complexity index is 1390. The number of furan rings is 1. The van der Waals surface area contributed by atoms with E-state index < -0.39 is 0 Å². The van der Waals surface area contributed by atoms with Crippen molar-refractivity contribution in [1.29, 1.82) is 0 Å². The van der Waals surface area contributed by atoms with Crippen LogP contribution in [0.1, 0.15) is 11.3 Å². The van der Waals surface area contributed by atoms with E-state index in [9.17, 15) is 4.79 Å². The van der Waals surface area contributed by atoms with Crippen molar-refractivity contribution in [2.75, 3.05) is 5.75 Å². The molecule has 5 aromatic rings. The molecule has 0 aliphatic rings. The number of para-hydroxylation sites is 1. The maximum Gasteiger partial charge on any atom is 0.230 e. The number of thioether (sulfide) groups is 1. The van der Waals surface area contributed by atoms with E-state index in [4.69, 9.17) is 16.0 Å². The van der Waals surface area contributed by atoms with Crippen LogP contribution in [-0.2, 0) is 17.9 Å². The molecule has 0 aliphatic heterocycles. The minimum absolute atomic E-state index is 0.110. The molecule has 0 fully saturated rings. The van der Waals surface area contributed by atoms with Crippen LogP contribution in [0, 0.1) is 0 Å². The quantitative estimate of drug-likeness (QED) is 0.302. The molecule has 0 bridgehead atoms. The highest BCUT2D eigenvalue weighted by Gasteiger charge is 2.19. The van der Waals surface area contributed by atoms with Gasteiger partial charge in [-0.3, -0.25) is 9.36 Å². The standard InChI is InChI=1S/C24H20ClN5O2S/c25-20-9-3-1-6-16(20)12-27-22(31)15-33-24-29-28-23(30(24)14-17-7-5-11-32-17)19-13-26-21-10-4-2-8-18(19)21/h1-11,13,26H,12,14-15H2,(H,27,31). The lowest BCUT2D eigenvalue weighted by molar-refractivity contribution is -0.118. The molecule has 0 spiro atoms. The van der Waals surface area contributed by atoms with Crippen molar-refractivity contribution >= 4 is 40.2 Å². The Morgan fingerprint density at radius 1 is 1.09 bits per heavy atom. The lowest BCUT2D eigenvalue weighted by Gasteiger charge is -2.09. The molecule has 7 nitrogen and oxygen atoms in total. The summed E-state index contributed by atoms with van der Waals surface area (Å²) < 4.78 is 7.53. The van der Waals surface area contributed by atoms with Gasteiger partial charge in [0.2, 0.25) is 5.91 Å². The predicted octanol–water partition coefficient (Wildman–Crippen LogP) is 5.13. The number of nitrogens with zero attached hydrogens (tertiary/aromatic N) is 3. The first-order valence-corrected chi connectivity index (χ1v) is 11.7. The lowest BCUT2D eigenvalue weighted by Crippen LogP contribution is -2.24. The number of aromatic amines is 1. The van der Waals surface area contributed by atoms with Crippen molar-refractivity contribution in [3.8, 4) is 11.4 Å². The molecule has 2 aromatic carbocycles. The summed E-state index contributed by atoms with van der Waals surface area (Å²) >= 11 is 7.50. The molecule has 0 unspecified atom stereocenters. The highest BCUT2D eigenvalue weighted by Crippen LogP contribution is 2.30.